The number of aryl methyl sites for hydroxylation is 1. The molecule has 1 spiro atoms. The minimum atomic E-state index is -1.18. The molecule has 2 atom stereocenters. The lowest BCUT2D eigenvalue weighted by Crippen LogP contribution is -2.72. The highest BCUT2D eigenvalue weighted by atomic mass is 35.5. The van der Waals surface area contributed by atoms with E-state index in [1.165, 1.54) is 0 Å². The van der Waals surface area contributed by atoms with Crippen molar-refractivity contribution >= 4 is 51.4 Å². The number of benzene rings is 1. The minimum Gasteiger partial charge on any atom is -0.471 e. The molecule has 2 aliphatic rings. The quantitative estimate of drug-likeness (QED) is 0.169. The third kappa shape index (κ3) is 4.85. The van der Waals surface area contributed by atoms with Crippen molar-refractivity contribution in [3.05, 3.63) is 74.9 Å². The van der Waals surface area contributed by atoms with Crippen LogP contribution in [0.3, 0.4) is 0 Å². The number of nitrogens with one attached hydrogen (secondary N) is 1. The fourth-order valence-electron chi connectivity index (χ4n) is 4.85. The maximum Gasteiger partial charge on any atom is 0.232 e. The van der Waals surface area contributed by atoms with E-state index in [-0.39, 0.29) is 26.7 Å². The lowest BCUT2D eigenvalue weighted by atomic mass is 9.74. The number of nitrogens with two attached hydrogens (primary N) is 2. The topological polar surface area (TPSA) is 134 Å². The Bertz CT molecular complexity index is 1440. The summed E-state index contributed by atoms with van der Waals surface area (Å²) >= 11 is 12.2. The van der Waals surface area contributed by atoms with Crippen molar-refractivity contribution in [3.63, 3.8) is 0 Å². The molecule has 5 N–H and O–H groups in total. The van der Waals surface area contributed by atoms with Crippen LogP contribution in [0.1, 0.15) is 28.5 Å². The second kappa shape index (κ2) is 10.0. The van der Waals surface area contributed by atoms with Gasteiger partial charge in [0.2, 0.25) is 5.95 Å². The molecular weight excluding hydrogens is 552 g/mol. The standard InChI is InChI=1S/C25H26Cl2FN7O2S/c1-13-5-17(29)15(6-18(13)37-24(31)20-16(26)8-33-23(28)21(20)27)22(30)14-3-4-19(32-7-14)34-9-25(10-34)11-35(12-25)38(2)36/h3-8,24,30H,9-12,29,31H2,1-2H3/t24-,38?/m0/s1. The van der Waals surface area contributed by atoms with Gasteiger partial charge in [-0.3, -0.25) is 11.1 Å². The van der Waals surface area contributed by atoms with E-state index in [1.54, 1.807) is 31.5 Å². The van der Waals surface area contributed by atoms with Crippen molar-refractivity contribution < 1.29 is 13.3 Å². The predicted molar refractivity (Wildman–Crippen MR) is 148 cm³/mol. The van der Waals surface area contributed by atoms with Crippen LogP contribution in [-0.2, 0) is 11.0 Å². The Balaban J connectivity index is 1.31. The third-order valence-electron chi connectivity index (χ3n) is 6.92. The summed E-state index contributed by atoms with van der Waals surface area (Å²) in [5.74, 6) is 0.264. The highest BCUT2D eigenvalue weighted by molar-refractivity contribution is 7.81. The van der Waals surface area contributed by atoms with Gasteiger partial charge in [0.25, 0.3) is 0 Å². The monoisotopic (exact) mass is 577 g/mol. The first-order chi connectivity index (χ1) is 18.0. The first kappa shape index (κ1) is 26.8. The van der Waals surface area contributed by atoms with Gasteiger partial charge in [0.05, 0.1) is 27.3 Å². The van der Waals surface area contributed by atoms with Crippen LogP contribution in [0, 0.1) is 23.7 Å². The van der Waals surface area contributed by atoms with Gasteiger partial charge >= 0.3 is 0 Å². The molecule has 0 bridgehead atoms. The third-order valence-corrected chi connectivity index (χ3v) is 8.57. The van der Waals surface area contributed by atoms with Gasteiger partial charge in [0.15, 0.2) is 6.23 Å². The van der Waals surface area contributed by atoms with Crippen LogP contribution < -0.4 is 21.1 Å². The maximum atomic E-state index is 13.9. The van der Waals surface area contributed by atoms with Crippen LogP contribution in [0.15, 0.2) is 36.7 Å². The number of nitrogens with zero attached hydrogens (tertiary/aromatic N) is 4. The molecule has 1 aromatic carbocycles. The maximum absolute atomic E-state index is 13.9. The van der Waals surface area contributed by atoms with Crippen molar-refractivity contribution in [2.75, 3.05) is 43.1 Å². The van der Waals surface area contributed by atoms with E-state index < -0.39 is 23.2 Å². The van der Waals surface area contributed by atoms with Crippen molar-refractivity contribution in [2.45, 2.75) is 13.2 Å². The zero-order chi connectivity index (χ0) is 27.4. The molecule has 38 heavy (non-hydrogen) atoms. The van der Waals surface area contributed by atoms with Gasteiger partial charge in [-0.25, -0.2) is 18.5 Å². The Morgan fingerprint density at radius 3 is 2.55 bits per heavy atom. The van der Waals surface area contributed by atoms with Gasteiger partial charge in [0.1, 0.15) is 16.6 Å². The Hall–Kier alpha value is -2.83. The Morgan fingerprint density at radius 2 is 1.92 bits per heavy atom. The Labute approximate surface area is 232 Å². The van der Waals surface area contributed by atoms with Crippen LogP contribution in [0.25, 0.3) is 0 Å². The van der Waals surface area contributed by atoms with E-state index in [0.29, 0.717) is 28.1 Å². The van der Waals surface area contributed by atoms with Crippen molar-refractivity contribution in [1.82, 2.24) is 14.3 Å². The molecule has 0 aliphatic carbocycles. The van der Waals surface area contributed by atoms with Gasteiger partial charge < -0.3 is 15.4 Å². The van der Waals surface area contributed by atoms with E-state index in [4.69, 9.17) is 44.8 Å². The lowest BCUT2D eigenvalue weighted by Gasteiger charge is -2.59. The molecular formula is C25H26Cl2FN7O2S. The molecule has 0 saturated carbocycles. The Kier molecular flexibility index (Phi) is 7.08. The normalized spacial score (nSPS) is 18.0. The minimum absolute atomic E-state index is 0.0683. The molecule has 13 heteroatoms. The molecule has 2 saturated heterocycles. The number of ether oxygens (including phenoxy) is 1. The molecule has 4 heterocycles. The number of rotatable bonds is 7. The predicted octanol–water partition coefficient (Wildman–Crippen LogP) is 3.68. The highest BCUT2D eigenvalue weighted by Gasteiger charge is 2.53. The van der Waals surface area contributed by atoms with E-state index in [0.717, 1.165) is 38.2 Å². The van der Waals surface area contributed by atoms with E-state index in [9.17, 15) is 8.60 Å². The molecule has 3 aromatic rings. The van der Waals surface area contributed by atoms with Gasteiger partial charge in [0, 0.05) is 67.1 Å². The average Bonchev–Trinajstić information content (AvgIpc) is 2.81. The largest absolute Gasteiger partial charge is 0.471 e. The summed E-state index contributed by atoms with van der Waals surface area (Å²) in [5.41, 5.74) is 14.9. The second-order valence-electron chi connectivity index (χ2n) is 9.73. The van der Waals surface area contributed by atoms with Gasteiger partial charge in [-0.05, 0) is 36.8 Å². The summed E-state index contributed by atoms with van der Waals surface area (Å²) in [5, 5.41) is 8.52. The fraction of sp³-hybridized carbons (Fsp3) is 0.320. The summed E-state index contributed by atoms with van der Waals surface area (Å²) in [6, 6.07) is 6.99. The first-order valence-electron chi connectivity index (χ1n) is 11.7. The van der Waals surface area contributed by atoms with E-state index in [2.05, 4.69) is 14.9 Å². The molecule has 2 fully saturated rings. The summed E-state index contributed by atoms with van der Waals surface area (Å²) < 4.78 is 33.3. The molecule has 5 rings (SSSR count). The molecule has 2 aromatic heterocycles. The zero-order valence-corrected chi connectivity index (χ0v) is 23.0. The number of aromatic nitrogens is 2. The van der Waals surface area contributed by atoms with E-state index in [1.807, 2.05) is 16.4 Å². The summed E-state index contributed by atoms with van der Waals surface area (Å²) in [7, 11) is -0.922. The smallest absolute Gasteiger partial charge is 0.232 e. The zero-order valence-electron chi connectivity index (χ0n) is 20.7. The molecule has 0 radical (unpaired) electrons. The van der Waals surface area contributed by atoms with E-state index >= 15 is 0 Å². The summed E-state index contributed by atoms with van der Waals surface area (Å²) in [6.45, 7) is 5.19. The summed E-state index contributed by atoms with van der Waals surface area (Å²) in [6.07, 6.45) is 3.28. The molecule has 200 valence electrons. The van der Waals surface area contributed by atoms with Crippen molar-refractivity contribution in [2.24, 2.45) is 11.1 Å². The lowest BCUT2D eigenvalue weighted by molar-refractivity contribution is 0.0434. The summed E-state index contributed by atoms with van der Waals surface area (Å²) in [4.78, 5) is 10.2. The van der Waals surface area contributed by atoms with Gasteiger partial charge in [-0.15, -0.1) is 0 Å². The first-order valence-corrected chi connectivity index (χ1v) is 14.0. The molecule has 0 amide bonds. The molecule has 1 unspecified atom stereocenters. The van der Waals surface area contributed by atoms with Crippen LogP contribution >= 0.6 is 23.2 Å². The van der Waals surface area contributed by atoms with Crippen molar-refractivity contribution in [3.8, 4) is 5.75 Å². The van der Waals surface area contributed by atoms with Gasteiger partial charge in [-0.1, -0.05) is 23.2 Å². The SMILES string of the molecule is Cc1cc(N)c(C(=N)c2ccc(N3CC4(C3)CN(S(C)=O)C4)nc2)cc1O[C@H](N)c1c(Cl)cnc(F)c1Cl. The molecule has 9 nitrogen and oxygen atoms in total. The number of anilines is 2. The van der Waals surface area contributed by atoms with Crippen LogP contribution in [0.2, 0.25) is 10.0 Å². The highest BCUT2D eigenvalue weighted by Crippen LogP contribution is 2.42. The number of hydrogen-bond donors (Lipinski definition) is 3. The number of pyridine rings is 2. The number of nitrogen functional groups attached to an aromatic ring is 1. The van der Waals surface area contributed by atoms with Crippen LogP contribution in [0.4, 0.5) is 15.9 Å². The van der Waals surface area contributed by atoms with Gasteiger partial charge in [-0.2, -0.15) is 4.39 Å². The fourth-order valence-corrected chi connectivity index (χ4v) is 6.32. The van der Waals surface area contributed by atoms with Crippen molar-refractivity contribution in [1.29, 1.82) is 5.41 Å². The van der Waals surface area contributed by atoms with Crippen LogP contribution in [0.5, 0.6) is 5.75 Å². The van der Waals surface area contributed by atoms with Crippen LogP contribution in [-0.4, -0.2) is 56.6 Å². The Morgan fingerprint density at radius 1 is 1.21 bits per heavy atom. The average molecular weight is 579 g/mol. The number of halogens is 3. The second-order valence-corrected chi connectivity index (χ2v) is 11.9. The number of hydrogen-bond acceptors (Lipinski definition) is 8. The molecule has 2 aliphatic heterocycles.